The smallest absolute Gasteiger partial charge is 0.144 e. The highest BCUT2D eigenvalue weighted by molar-refractivity contribution is 5.85. The highest BCUT2D eigenvalue weighted by atomic mass is 16.4. The van der Waals surface area contributed by atoms with Crippen LogP contribution in [0.5, 0.6) is 0 Å². The molecule has 0 saturated carbocycles. The van der Waals surface area contributed by atoms with Crippen molar-refractivity contribution in [2.45, 2.75) is 53.5 Å². The fourth-order valence-electron chi connectivity index (χ4n) is 1.68. The van der Waals surface area contributed by atoms with Gasteiger partial charge in [-0.05, 0) is 32.2 Å². The largest absolute Gasteiger partial charge is 0.409 e. The summed E-state index contributed by atoms with van der Waals surface area (Å²) in [6.07, 6.45) is 2.04. The van der Waals surface area contributed by atoms with E-state index in [-0.39, 0.29) is 5.41 Å². The van der Waals surface area contributed by atoms with Crippen molar-refractivity contribution in [3.05, 3.63) is 0 Å². The van der Waals surface area contributed by atoms with Crippen LogP contribution in [0.2, 0.25) is 0 Å². The number of amidine groups is 1. The molecule has 4 nitrogen and oxygen atoms in total. The Kier molecular flexibility index (Phi) is 6.41. The second-order valence-electron chi connectivity index (χ2n) is 5.60. The van der Waals surface area contributed by atoms with Crippen LogP contribution in [0.3, 0.4) is 0 Å². The molecular formula is C12H27N3O. The summed E-state index contributed by atoms with van der Waals surface area (Å²) in [5.41, 5.74) is 5.37. The minimum Gasteiger partial charge on any atom is -0.409 e. The molecule has 16 heavy (non-hydrogen) atoms. The lowest BCUT2D eigenvalue weighted by molar-refractivity contribution is 0.303. The van der Waals surface area contributed by atoms with Crippen LogP contribution < -0.4 is 11.1 Å². The van der Waals surface area contributed by atoms with Crippen LogP contribution in [-0.2, 0) is 0 Å². The fraction of sp³-hybridized carbons (Fsp3) is 0.917. The molecule has 0 rings (SSSR count). The van der Waals surface area contributed by atoms with Gasteiger partial charge in [-0.25, -0.2) is 0 Å². The first kappa shape index (κ1) is 15.2. The van der Waals surface area contributed by atoms with Crippen molar-refractivity contribution in [1.82, 2.24) is 5.32 Å². The van der Waals surface area contributed by atoms with Gasteiger partial charge >= 0.3 is 0 Å². The van der Waals surface area contributed by atoms with Crippen molar-refractivity contribution in [2.24, 2.45) is 22.2 Å². The maximum atomic E-state index is 8.64. The van der Waals surface area contributed by atoms with E-state index in [1.165, 1.54) is 6.42 Å². The molecule has 1 atom stereocenters. The Bertz CT molecular complexity index is 224. The molecule has 0 aromatic heterocycles. The summed E-state index contributed by atoms with van der Waals surface area (Å²) in [6, 6.07) is 0.517. The van der Waals surface area contributed by atoms with Crippen LogP contribution >= 0.6 is 0 Å². The summed E-state index contributed by atoms with van der Waals surface area (Å²) in [7, 11) is 0. The van der Waals surface area contributed by atoms with Crippen LogP contribution in [0.1, 0.15) is 47.5 Å². The number of hydrogen-bond donors (Lipinski definition) is 3. The number of oxime groups is 1. The third-order valence-corrected chi connectivity index (χ3v) is 2.87. The first-order valence-corrected chi connectivity index (χ1v) is 6.01. The van der Waals surface area contributed by atoms with Crippen molar-refractivity contribution >= 4 is 5.84 Å². The number of hydrogen-bond acceptors (Lipinski definition) is 3. The minimum atomic E-state index is -0.251. The van der Waals surface area contributed by atoms with Gasteiger partial charge in [0.15, 0.2) is 0 Å². The van der Waals surface area contributed by atoms with Crippen molar-refractivity contribution in [3.8, 4) is 0 Å². The Hall–Kier alpha value is -0.770. The molecule has 0 radical (unpaired) electrons. The van der Waals surface area contributed by atoms with Gasteiger partial charge in [-0.15, -0.1) is 0 Å². The highest BCUT2D eigenvalue weighted by Gasteiger charge is 2.23. The molecule has 0 spiro atoms. The lowest BCUT2D eigenvalue weighted by Gasteiger charge is -2.24. The Morgan fingerprint density at radius 3 is 2.38 bits per heavy atom. The van der Waals surface area contributed by atoms with Gasteiger partial charge in [0.25, 0.3) is 0 Å². The van der Waals surface area contributed by atoms with E-state index >= 15 is 0 Å². The van der Waals surface area contributed by atoms with E-state index in [2.05, 4.69) is 31.2 Å². The van der Waals surface area contributed by atoms with Gasteiger partial charge in [0.1, 0.15) is 5.84 Å². The summed E-state index contributed by atoms with van der Waals surface area (Å²) in [6.45, 7) is 11.5. The lowest BCUT2D eigenvalue weighted by atomic mass is 9.88. The second-order valence-corrected chi connectivity index (χ2v) is 5.60. The van der Waals surface area contributed by atoms with Crippen LogP contribution in [0.25, 0.3) is 0 Å². The molecule has 0 bridgehead atoms. The van der Waals surface area contributed by atoms with Crippen molar-refractivity contribution in [1.29, 1.82) is 0 Å². The standard InChI is InChI=1S/C12H27N3O/c1-9(2)8-10(3)14-7-6-12(4,5)11(13)15-16/h9-10,14,16H,6-8H2,1-5H3,(H2,13,15). The predicted octanol–water partition coefficient (Wildman–Crippen LogP) is 2.17. The van der Waals surface area contributed by atoms with E-state index < -0.39 is 0 Å². The van der Waals surface area contributed by atoms with E-state index in [0.29, 0.717) is 17.8 Å². The molecule has 0 aliphatic heterocycles. The molecule has 4 N–H and O–H groups in total. The fourth-order valence-corrected chi connectivity index (χ4v) is 1.68. The van der Waals surface area contributed by atoms with Crippen molar-refractivity contribution < 1.29 is 5.21 Å². The van der Waals surface area contributed by atoms with Crippen LogP contribution in [0.15, 0.2) is 5.16 Å². The monoisotopic (exact) mass is 229 g/mol. The van der Waals surface area contributed by atoms with Gasteiger partial charge in [0.2, 0.25) is 0 Å². The van der Waals surface area contributed by atoms with Gasteiger partial charge in [0.05, 0.1) is 0 Å². The maximum Gasteiger partial charge on any atom is 0.144 e. The topological polar surface area (TPSA) is 70.6 Å². The van der Waals surface area contributed by atoms with E-state index in [9.17, 15) is 0 Å². The zero-order valence-electron chi connectivity index (χ0n) is 11.2. The Morgan fingerprint density at radius 2 is 1.94 bits per heavy atom. The molecule has 1 unspecified atom stereocenters. The number of nitrogens with zero attached hydrogens (tertiary/aromatic N) is 1. The summed E-state index contributed by atoms with van der Waals surface area (Å²) < 4.78 is 0. The molecular weight excluding hydrogens is 202 g/mol. The summed E-state index contributed by atoms with van der Waals surface area (Å²) in [4.78, 5) is 0. The van der Waals surface area contributed by atoms with Crippen molar-refractivity contribution in [3.63, 3.8) is 0 Å². The number of nitrogens with two attached hydrogens (primary N) is 1. The normalized spacial score (nSPS) is 15.5. The molecule has 0 aliphatic rings. The van der Waals surface area contributed by atoms with E-state index in [1.54, 1.807) is 0 Å². The molecule has 0 aliphatic carbocycles. The molecule has 0 fully saturated rings. The lowest BCUT2D eigenvalue weighted by Crippen LogP contribution is -2.37. The third kappa shape index (κ3) is 5.95. The summed E-state index contributed by atoms with van der Waals surface area (Å²) >= 11 is 0. The van der Waals surface area contributed by atoms with Crippen LogP contribution in [0, 0.1) is 11.3 Å². The minimum absolute atomic E-state index is 0.251. The number of nitrogens with one attached hydrogen (secondary N) is 1. The Balaban J connectivity index is 3.89. The average molecular weight is 229 g/mol. The SMILES string of the molecule is CC(C)CC(C)NCCC(C)(C)C(N)=NO. The van der Waals surface area contributed by atoms with Gasteiger partial charge in [0, 0.05) is 11.5 Å². The molecule has 0 amide bonds. The molecule has 0 aromatic rings. The van der Waals surface area contributed by atoms with E-state index in [4.69, 9.17) is 10.9 Å². The third-order valence-electron chi connectivity index (χ3n) is 2.87. The zero-order valence-corrected chi connectivity index (χ0v) is 11.2. The molecule has 0 saturated heterocycles. The Morgan fingerprint density at radius 1 is 1.38 bits per heavy atom. The molecule has 0 heterocycles. The van der Waals surface area contributed by atoms with Crippen LogP contribution in [0.4, 0.5) is 0 Å². The number of rotatable bonds is 7. The summed E-state index contributed by atoms with van der Waals surface area (Å²) in [5.74, 6) is 1.00. The Labute approximate surface area is 99.3 Å². The first-order chi connectivity index (χ1) is 7.29. The van der Waals surface area contributed by atoms with Gasteiger partial charge in [-0.1, -0.05) is 32.9 Å². The van der Waals surface area contributed by atoms with Crippen molar-refractivity contribution in [2.75, 3.05) is 6.54 Å². The highest BCUT2D eigenvalue weighted by Crippen LogP contribution is 2.19. The molecule has 96 valence electrons. The predicted molar refractivity (Wildman–Crippen MR) is 68.7 cm³/mol. The molecule has 4 heteroatoms. The molecule has 0 aromatic carbocycles. The van der Waals surface area contributed by atoms with E-state index in [0.717, 1.165) is 13.0 Å². The van der Waals surface area contributed by atoms with E-state index in [1.807, 2.05) is 13.8 Å². The van der Waals surface area contributed by atoms with Gasteiger partial charge < -0.3 is 16.3 Å². The maximum absolute atomic E-state index is 8.64. The van der Waals surface area contributed by atoms with Crippen LogP contribution in [-0.4, -0.2) is 23.6 Å². The average Bonchev–Trinajstić information content (AvgIpc) is 2.14. The first-order valence-electron chi connectivity index (χ1n) is 6.01. The zero-order chi connectivity index (χ0) is 12.8. The summed E-state index contributed by atoms with van der Waals surface area (Å²) in [5, 5.41) is 15.2. The second kappa shape index (κ2) is 6.74. The van der Waals surface area contributed by atoms with Gasteiger partial charge in [-0.2, -0.15) is 0 Å². The quantitative estimate of drug-likeness (QED) is 0.271. The van der Waals surface area contributed by atoms with Gasteiger partial charge in [-0.3, -0.25) is 0 Å².